The third kappa shape index (κ3) is 6.10. The van der Waals surface area contributed by atoms with E-state index in [4.69, 9.17) is 0 Å². The first kappa shape index (κ1) is 15.1. The highest BCUT2D eigenvalue weighted by Gasteiger charge is 2.15. The Morgan fingerprint density at radius 2 is 2.00 bits per heavy atom. The van der Waals surface area contributed by atoms with Crippen molar-refractivity contribution in [3.05, 3.63) is 12.3 Å². The van der Waals surface area contributed by atoms with E-state index in [1.807, 2.05) is 37.5 Å². The summed E-state index contributed by atoms with van der Waals surface area (Å²) in [5.74, 6) is 0. The van der Waals surface area contributed by atoms with Crippen LogP contribution < -0.4 is 5.32 Å². The number of amides is 2. The van der Waals surface area contributed by atoms with Gasteiger partial charge in [-0.15, -0.1) is 11.8 Å². The van der Waals surface area contributed by atoms with E-state index in [9.17, 15) is 4.79 Å². The summed E-state index contributed by atoms with van der Waals surface area (Å²) >= 11 is 1.48. The largest absolute Gasteiger partial charge is 0.383 e. The summed E-state index contributed by atoms with van der Waals surface area (Å²) in [7, 11) is 3.88. The van der Waals surface area contributed by atoms with Gasteiger partial charge in [-0.3, -0.25) is 0 Å². The third-order valence-electron chi connectivity index (χ3n) is 2.87. The van der Waals surface area contributed by atoms with Crippen LogP contribution in [0.5, 0.6) is 0 Å². The molecule has 0 aromatic carbocycles. The van der Waals surface area contributed by atoms with Crippen molar-refractivity contribution in [2.45, 2.75) is 38.1 Å². The molecule has 0 atom stereocenters. The second-order valence-electron chi connectivity index (χ2n) is 4.72. The molecule has 0 aliphatic heterocycles. The highest BCUT2D eigenvalue weighted by molar-refractivity contribution is 8.13. The normalized spacial score (nSPS) is 18.1. The maximum absolute atomic E-state index is 11.8. The minimum Gasteiger partial charge on any atom is -0.383 e. The molecule has 0 saturated heterocycles. The standard InChI is InChI=1S/C13H23N3OS/c1-16(2)10-9-12(18-3)15-13(17)14-11-7-5-4-6-8-11/h9-11H,4-8H2,1-3H3,(H,14,17)/b10-9+,15-12-. The Labute approximate surface area is 114 Å². The lowest BCUT2D eigenvalue weighted by Gasteiger charge is -2.21. The Kier molecular flexibility index (Phi) is 6.86. The van der Waals surface area contributed by atoms with Crippen molar-refractivity contribution in [2.24, 2.45) is 4.99 Å². The zero-order valence-electron chi connectivity index (χ0n) is 11.5. The summed E-state index contributed by atoms with van der Waals surface area (Å²) in [5, 5.41) is 3.72. The van der Waals surface area contributed by atoms with E-state index in [0.29, 0.717) is 6.04 Å². The van der Waals surface area contributed by atoms with Crippen molar-refractivity contribution in [3.63, 3.8) is 0 Å². The van der Waals surface area contributed by atoms with E-state index in [2.05, 4.69) is 10.3 Å². The summed E-state index contributed by atoms with van der Waals surface area (Å²) < 4.78 is 0. The molecule has 1 rings (SSSR count). The first-order chi connectivity index (χ1) is 8.61. The van der Waals surface area contributed by atoms with E-state index >= 15 is 0 Å². The first-order valence-electron chi connectivity index (χ1n) is 6.39. The van der Waals surface area contributed by atoms with Gasteiger partial charge >= 0.3 is 6.03 Å². The number of nitrogens with one attached hydrogen (secondary N) is 1. The average Bonchev–Trinajstić information content (AvgIpc) is 2.35. The van der Waals surface area contributed by atoms with Crippen LogP contribution in [-0.4, -0.2) is 42.4 Å². The van der Waals surface area contributed by atoms with Gasteiger partial charge < -0.3 is 10.2 Å². The summed E-state index contributed by atoms with van der Waals surface area (Å²) in [4.78, 5) is 17.8. The van der Waals surface area contributed by atoms with E-state index in [1.54, 1.807) is 0 Å². The fraction of sp³-hybridized carbons (Fsp3) is 0.692. The predicted molar refractivity (Wildman–Crippen MR) is 79.2 cm³/mol. The van der Waals surface area contributed by atoms with Gasteiger partial charge in [0.1, 0.15) is 5.04 Å². The molecule has 0 aromatic rings. The second-order valence-corrected chi connectivity index (χ2v) is 5.54. The molecule has 102 valence electrons. The second kappa shape index (κ2) is 8.19. The van der Waals surface area contributed by atoms with Gasteiger partial charge in [0.25, 0.3) is 0 Å². The van der Waals surface area contributed by atoms with Crippen LogP contribution in [0, 0.1) is 0 Å². The van der Waals surface area contributed by atoms with E-state index in [1.165, 1.54) is 31.0 Å². The molecule has 1 fully saturated rings. The van der Waals surface area contributed by atoms with Crippen LogP contribution in [0.4, 0.5) is 4.79 Å². The number of carbonyl (C=O) groups is 1. The lowest BCUT2D eigenvalue weighted by molar-refractivity contribution is 0.241. The lowest BCUT2D eigenvalue weighted by atomic mass is 9.96. The highest BCUT2D eigenvalue weighted by Crippen LogP contribution is 2.17. The Morgan fingerprint density at radius 1 is 1.33 bits per heavy atom. The Hall–Kier alpha value is -0.970. The molecule has 0 radical (unpaired) electrons. The van der Waals surface area contributed by atoms with Crippen molar-refractivity contribution >= 4 is 22.8 Å². The number of hydrogen-bond acceptors (Lipinski definition) is 3. The van der Waals surface area contributed by atoms with Crippen LogP contribution in [0.3, 0.4) is 0 Å². The molecule has 1 aliphatic rings. The van der Waals surface area contributed by atoms with Crippen molar-refractivity contribution < 1.29 is 4.79 Å². The van der Waals surface area contributed by atoms with Crippen LogP contribution in [0.25, 0.3) is 0 Å². The molecule has 2 amide bonds. The third-order valence-corrected chi connectivity index (χ3v) is 3.51. The summed E-state index contributed by atoms with van der Waals surface area (Å²) in [6.45, 7) is 0. The molecular weight excluding hydrogens is 246 g/mol. The molecule has 4 nitrogen and oxygen atoms in total. The molecule has 0 heterocycles. The lowest BCUT2D eigenvalue weighted by Crippen LogP contribution is -2.34. The van der Waals surface area contributed by atoms with E-state index in [0.717, 1.165) is 17.9 Å². The maximum atomic E-state index is 11.8. The summed E-state index contributed by atoms with van der Waals surface area (Å²) in [6, 6.07) is 0.102. The van der Waals surface area contributed by atoms with Gasteiger partial charge in [-0.05, 0) is 25.2 Å². The van der Waals surface area contributed by atoms with Gasteiger partial charge in [-0.2, -0.15) is 4.99 Å². The van der Waals surface area contributed by atoms with Crippen molar-refractivity contribution in [1.29, 1.82) is 0 Å². The number of rotatable bonds is 3. The first-order valence-corrected chi connectivity index (χ1v) is 7.62. The van der Waals surface area contributed by atoms with Gasteiger partial charge in [0.15, 0.2) is 0 Å². The van der Waals surface area contributed by atoms with Crippen LogP contribution in [-0.2, 0) is 0 Å². The Morgan fingerprint density at radius 3 is 2.56 bits per heavy atom. The molecule has 1 N–H and O–H groups in total. The minimum atomic E-state index is -0.213. The summed E-state index contributed by atoms with van der Waals surface area (Å²) in [5.41, 5.74) is 0. The van der Waals surface area contributed by atoms with E-state index in [-0.39, 0.29) is 6.03 Å². The van der Waals surface area contributed by atoms with Crippen molar-refractivity contribution in [2.75, 3.05) is 20.4 Å². The van der Waals surface area contributed by atoms with Gasteiger partial charge in [-0.1, -0.05) is 19.3 Å². The number of carbonyl (C=O) groups excluding carboxylic acids is 1. The summed E-state index contributed by atoms with van der Waals surface area (Å²) in [6.07, 6.45) is 11.6. The maximum Gasteiger partial charge on any atom is 0.342 e. The van der Waals surface area contributed by atoms with Crippen molar-refractivity contribution in [3.8, 4) is 0 Å². The molecule has 18 heavy (non-hydrogen) atoms. The van der Waals surface area contributed by atoms with Crippen LogP contribution in [0.15, 0.2) is 17.3 Å². The van der Waals surface area contributed by atoms with Gasteiger partial charge in [0, 0.05) is 26.3 Å². The molecule has 0 aromatic heterocycles. The van der Waals surface area contributed by atoms with Crippen LogP contribution >= 0.6 is 11.8 Å². The van der Waals surface area contributed by atoms with Crippen LogP contribution in [0.2, 0.25) is 0 Å². The quantitative estimate of drug-likeness (QED) is 0.633. The zero-order chi connectivity index (χ0) is 13.4. The van der Waals surface area contributed by atoms with Gasteiger partial charge in [0.05, 0.1) is 0 Å². The molecule has 0 unspecified atom stereocenters. The highest BCUT2D eigenvalue weighted by atomic mass is 32.2. The number of urea groups is 1. The fourth-order valence-corrected chi connectivity index (χ4v) is 2.29. The number of aliphatic imine (C=N–C) groups is 1. The Bertz CT molecular complexity index is 320. The van der Waals surface area contributed by atoms with Gasteiger partial charge in [0.2, 0.25) is 0 Å². The molecule has 1 aliphatic carbocycles. The average molecular weight is 269 g/mol. The molecular formula is C13H23N3OS. The van der Waals surface area contributed by atoms with E-state index < -0.39 is 0 Å². The van der Waals surface area contributed by atoms with Crippen molar-refractivity contribution in [1.82, 2.24) is 10.2 Å². The smallest absolute Gasteiger partial charge is 0.342 e. The zero-order valence-corrected chi connectivity index (χ0v) is 12.3. The number of hydrogen-bond donors (Lipinski definition) is 1. The molecule has 5 heteroatoms. The predicted octanol–water partition coefficient (Wildman–Crippen LogP) is 2.87. The fourth-order valence-electron chi connectivity index (χ4n) is 1.92. The monoisotopic (exact) mass is 269 g/mol. The number of nitrogens with zero attached hydrogens (tertiary/aromatic N) is 2. The number of thioether (sulfide) groups is 1. The topological polar surface area (TPSA) is 44.7 Å². The van der Waals surface area contributed by atoms with Crippen LogP contribution in [0.1, 0.15) is 32.1 Å². The minimum absolute atomic E-state index is 0.213. The molecule has 0 bridgehead atoms. The molecule has 0 spiro atoms. The van der Waals surface area contributed by atoms with Gasteiger partial charge in [-0.25, -0.2) is 4.79 Å². The molecule has 1 saturated carbocycles. The Balaban J connectivity index is 2.48. The SMILES string of the molecule is CSC(/C=C/N(C)C)=N\C(=O)NC1CCCCC1.